The Morgan fingerprint density at radius 2 is 2.05 bits per heavy atom. The van der Waals surface area contributed by atoms with Gasteiger partial charge in [-0.25, -0.2) is 18.7 Å². The smallest absolute Gasteiger partial charge is 0.182 e. The molecular formula is C12H9F2N5. The lowest BCUT2D eigenvalue weighted by Gasteiger charge is -2.18. The molecule has 5 nitrogen and oxygen atoms in total. The third kappa shape index (κ3) is 2.74. The fourth-order valence-corrected chi connectivity index (χ4v) is 1.53. The van der Waals surface area contributed by atoms with Gasteiger partial charge in [-0.2, -0.15) is 5.26 Å². The van der Waals surface area contributed by atoms with Crippen molar-refractivity contribution in [3.8, 4) is 6.19 Å². The van der Waals surface area contributed by atoms with Crippen molar-refractivity contribution in [2.75, 3.05) is 17.3 Å². The largest absolute Gasteiger partial charge is 0.327 e. The molecule has 0 radical (unpaired) electrons. The van der Waals surface area contributed by atoms with Crippen molar-refractivity contribution < 1.29 is 8.78 Å². The Morgan fingerprint density at radius 3 is 2.74 bits per heavy atom. The number of benzene rings is 1. The highest BCUT2D eigenvalue weighted by Gasteiger charge is 2.12. The zero-order valence-electron chi connectivity index (χ0n) is 9.93. The number of halogens is 2. The summed E-state index contributed by atoms with van der Waals surface area (Å²) in [7, 11) is 1.58. The van der Waals surface area contributed by atoms with Crippen LogP contribution >= 0.6 is 0 Å². The quantitative estimate of drug-likeness (QED) is 0.679. The van der Waals surface area contributed by atoms with Crippen LogP contribution in [0.3, 0.4) is 0 Å². The van der Waals surface area contributed by atoms with E-state index >= 15 is 0 Å². The summed E-state index contributed by atoms with van der Waals surface area (Å²) in [6.07, 6.45) is 2.97. The van der Waals surface area contributed by atoms with E-state index < -0.39 is 11.6 Å². The van der Waals surface area contributed by atoms with Gasteiger partial charge in [0.05, 0.1) is 5.69 Å². The third-order valence-corrected chi connectivity index (χ3v) is 2.45. The van der Waals surface area contributed by atoms with Crippen LogP contribution in [0.2, 0.25) is 0 Å². The van der Waals surface area contributed by atoms with Crippen LogP contribution in [-0.4, -0.2) is 17.0 Å². The molecule has 0 aliphatic rings. The average molecular weight is 261 g/mol. The minimum absolute atomic E-state index is 0.169. The number of rotatable bonds is 3. The lowest BCUT2D eigenvalue weighted by atomic mass is 10.2. The summed E-state index contributed by atoms with van der Waals surface area (Å²) < 4.78 is 26.5. The Kier molecular flexibility index (Phi) is 3.52. The van der Waals surface area contributed by atoms with Crippen LogP contribution in [0.4, 0.5) is 26.1 Å². The molecule has 0 amide bonds. The average Bonchev–Trinajstić information content (AvgIpc) is 2.39. The van der Waals surface area contributed by atoms with E-state index in [4.69, 9.17) is 5.26 Å². The highest BCUT2D eigenvalue weighted by atomic mass is 19.1. The second-order valence-electron chi connectivity index (χ2n) is 3.65. The molecule has 0 spiro atoms. The van der Waals surface area contributed by atoms with Gasteiger partial charge in [-0.05, 0) is 12.1 Å². The molecular weight excluding hydrogens is 252 g/mol. The van der Waals surface area contributed by atoms with Crippen LogP contribution in [0.25, 0.3) is 0 Å². The Hall–Kier alpha value is -2.75. The maximum absolute atomic E-state index is 13.6. The Morgan fingerprint density at radius 1 is 1.26 bits per heavy atom. The summed E-state index contributed by atoms with van der Waals surface area (Å²) in [4.78, 5) is 9.21. The van der Waals surface area contributed by atoms with Gasteiger partial charge >= 0.3 is 0 Å². The van der Waals surface area contributed by atoms with Crippen LogP contribution in [0, 0.1) is 23.1 Å². The zero-order valence-corrected chi connectivity index (χ0v) is 9.93. The topological polar surface area (TPSA) is 64.8 Å². The van der Waals surface area contributed by atoms with Gasteiger partial charge in [0.25, 0.3) is 0 Å². The van der Waals surface area contributed by atoms with Gasteiger partial charge in [-0.15, -0.1) is 0 Å². The maximum atomic E-state index is 13.6. The first kappa shape index (κ1) is 12.7. The molecule has 2 rings (SSSR count). The second-order valence-corrected chi connectivity index (χ2v) is 3.65. The normalized spacial score (nSPS) is 9.79. The molecule has 1 aromatic carbocycles. The van der Waals surface area contributed by atoms with E-state index in [1.165, 1.54) is 23.4 Å². The van der Waals surface area contributed by atoms with Crippen LogP contribution in [0.5, 0.6) is 0 Å². The molecule has 96 valence electrons. The first-order chi connectivity index (χ1) is 9.11. The standard InChI is InChI=1S/C12H9F2N5/c1-19(10-3-2-8(13)4-9(10)14)12-5-11(16-6-15)17-7-18-12/h2-5,7H,1H3,(H,16,17,18). The number of aromatic nitrogens is 2. The molecule has 0 bridgehead atoms. The molecule has 2 aromatic rings. The van der Waals surface area contributed by atoms with Crippen molar-refractivity contribution in [2.45, 2.75) is 0 Å². The van der Waals surface area contributed by atoms with Crippen molar-refractivity contribution in [1.29, 1.82) is 5.26 Å². The zero-order chi connectivity index (χ0) is 13.8. The minimum Gasteiger partial charge on any atom is -0.327 e. The SMILES string of the molecule is CN(c1cc(NC#N)ncn1)c1ccc(F)cc1F. The van der Waals surface area contributed by atoms with E-state index in [0.717, 1.165) is 12.1 Å². The van der Waals surface area contributed by atoms with Gasteiger partial charge in [0.15, 0.2) is 6.19 Å². The molecule has 0 atom stereocenters. The molecule has 0 aliphatic heterocycles. The maximum Gasteiger partial charge on any atom is 0.182 e. The Bertz CT molecular complexity index is 638. The second kappa shape index (κ2) is 5.27. The van der Waals surface area contributed by atoms with Gasteiger partial charge < -0.3 is 4.90 Å². The van der Waals surface area contributed by atoms with E-state index in [1.54, 1.807) is 13.2 Å². The van der Waals surface area contributed by atoms with Crippen molar-refractivity contribution in [3.63, 3.8) is 0 Å². The predicted molar refractivity (Wildman–Crippen MR) is 65.7 cm³/mol. The monoisotopic (exact) mass is 261 g/mol. The highest BCUT2D eigenvalue weighted by Crippen LogP contribution is 2.25. The summed E-state index contributed by atoms with van der Waals surface area (Å²) >= 11 is 0. The molecule has 1 aromatic heterocycles. The van der Waals surface area contributed by atoms with E-state index in [1.807, 2.05) is 0 Å². The molecule has 0 aliphatic carbocycles. The molecule has 0 unspecified atom stereocenters. The van der Waals surface area contributed by atoms with Gasteiger partial charge in [-0.1, -0.05) is 0 Å². The summed E-state index contributed by atoms with van der Waals surface area (Å²) in [6.45, 7) is 0. The Labute approximate surface area is 108 Å². The van der Waals surface area contributed by atoms with E-state index in [9.17, 15) is 8.78 Å². The Balaban J connectivity index is 2.35. The molecule has 7 heteroatoms. The van der Waals surface area contributed by atoms with E-state index in [-0.39, 0.29) is 5.69 Å². The van der Waals surface area contributed by atoms with E-state index in [2.05, 4.69) is 15.3 Å². The van der Waals surface area contributed by atoms with Gasteiger partial charge in [0, 0.05) is 19.2 Å². The lowest BCUT2D eigenvalue weighted by Crippen LogP contribution is -2.13. The number of hydrogen-bond donors (Lipinski definition) is 1. The lowest BCUT2D eigenvalue weighted by molar-refractivity contribution is 0.583. The fourth-order valence-electron chi connectivity index (χ4n) is 1.53. The van der Waals surface area contributed by atoms with Crippen LogP contribution in [0.1, 0.15) is 0 Å². The highest BCUT2D eigenvalue weighted by molar-refractivity contribution is 5.62. The first-order valence-corrected chi connectivity index (χ1v) is 5.27. The molecule has 0 saturated heterocycles. The fraction of sp³-hybridized carbons (Fsp3) is 0.0833. The van der Waals surface area contributed by atoms with E-state index in [0.29, 0.717) is 11.6 Å². The van der Waals surface area contributed by atoms with Crippen molar-refractivity contribution in [1.82, 2.24) is 9.97 Å². The van der Waals surface area contributed by atoms with Crippen molar-refractivity contribution >= 4 is 17.3 Å². The van der Waals surface area contributed by atoms with Crippen LogP contribution in [-0.2, 0) is 0 Å². The number of nitrogens with zero attached hydrogens (tertiary/aromatic N) is 4. The summed E-state index contributed by atoms with van der Waals surface area (Å²) in [5.74, 6) is -0.680. The van der Waals surface area contributed by atoms with Gasteiger partial charge in [0.2, 0.25) is 0 Å². The summed E-state index contributed by atoms with van der Waals surface area (Å²) in [5.41, 5.74) is 0.169. The minimum atomic E-state index is -0.698. The molecule has 1 heterocycles. The number of hydrogen-bond acceptors (Lipinski definition) is 5. The number of anilines is 3. The molecule has 0 fully saturated rings. The predicted octanol–water partition coefficient (Wildman–Crippen LogP) is 2.42. The van der Waals surface area contributed by atoms with Crippen molar-refractivity contribution in [3.05, 3.63) is 42.2 Å². The molecule has 19 heavy (non-hydrogen) atoms. The molecule has 0 saturated carbocycles. The van der Waals surface area contributed by atoms with Crippen molar-refractivity contribution in [2.24, 2.45) is 0 Å². The van der Waals surface area contributed by atoms with Gasteiger partial charge in [0.1, 0.15) is 29.6 Å². The number of nitriles is 1. The molecule has 1 N–H and O–H groups in total. The number of nitrogens with one attached hydrogen (secondary N) is 1. The van der Waals surface area contributed by atoms with Crippen LogP contribution < -0.4 is 10.2 Å². The van der Waals surface area contributed by atoms with Crippen LogP contribution in [0.15, 0.2) is 30.6 Å². The summed E-state index contributed by atoms with van der Waals surface area (Å²) in [6, 6.07) is 4.74. The third-order valence-electron chi connectivity index (χ3n) is 2.45. The summed E-state index contributed by atoms with van der Waals surface area (Å²) in [5, 5.41) is 10.9. The van der Waals surface area contributed by atoms with Gasteiger partial charge in [-0.3, -0.25) is 5.32 Å². The first-order valence-electron chi connectivity index (χ1n) is 5.27.